The molecule has 1 heterocycles. The van der Waals surface area contributed by atoms with Crippen molar-refractivity contribution in [3.05, 3.63) is 54.1 Å². The minimum atomic E-state index is -0.978. The number of anilines is 3. The van der Waals surface area contributed by atoms with E-state index in [1.54, 1.807) is 4.90 Å². The molecular formula is C19H22F2N4O. The smallest absolute Gasteiger partial charge is 0.321 e. The van der Waals surface area contributed by atoms with E-state index in [2.05, 4.69) is 34.5 Å². The summed E-state index contributed by atoms with van der Waals surface area (Å²) in [5.74, 6) is -1.91. The van der Waals surface area contributed by atoms with Gasteiger partial charge in [0.2, 0.25) is 0 Å². The second kappa shape index (κ2) is 7.59. The zero-order valence-corrected chi connectivity index (χ0v) is 14.9. The Morgan fingerprint density at radius 2 is 1.62 bits per heavy atom. The molecular weight excluding hydrogens is 338 g/mol. The number of rotatable bonds is 3. The first-order valence-electron chi connectivity index (χ1n) is 8.47. The van der Waals surface area contributed by atoms with Crippen molar-refractivity contribution in [2.75, 3.05) is 55.4 Å². The molecule has 2 aromatic rings. The van der Waals surface area contributed by atoms with Gasteiger partial charge in [0.05, 0.1) is 0 Å². The van der Waals surface area contributed by atoms with Crippen LogP contribution in [-0.2, 0) is 0 Å². The van der Waals surface area contributed by atoms with Gasteiger partial charge in [0.1, 0.15) is 0 Å². The van der Waals surface area contributed by atoms with Crippen LogP contribution in [0.3, 0.4) is 0 Å². The van der Waals surface area contributed by atoms with Crippen LogP contribution in [0.25, 0.3) is 0 Å². The summed E-state index contributed by atoms with van der Waals surface area (Å²) >= 11 is 0. The number of piperazine rings is 1. The zero-order valence-electron chi connectivity index (χ0n) is 14.9. The number of nitrogens with zero attached hydrogens (tertiary/aromatic N) is 3. The number of hydrogen-bond donors (Lipinski definition) is 1. The largest absolute Gasteiger partial charge is 0.378 e. The first kappa shape index (κ1) is 18.0. The Morgan fingerprint density at radius 1 is 0.962 bits per heavy atom. The van der Waals surface area contributed by atoms with Gasteiger partial charge in [-0.1, -0.05) is 0 Å². The van der Waals surface area contributed by atoms with E-state index in [1.165, 1.54) is 6.07 Å². The van der Waals surface area contributed by atoms with Crippen molar-refractivity contribution in [1.82, 2.24) is 4.90 Å². The number of amides is 2. The van der Waals surface area contributed by atoms with Gasteiger partial charge in [-0.3, -0.25) is 0 Å². The maximum absolute atomic E-state index is 13.2. The molecule has 0 aromatic heterocycles. The number of carbonyl (C=O) groups excluding carboxylic acids is 1. The van der Waals surface area contributed by atoms with Crippen LogP contribution in [-0.4, -0.2) is 51.2 Å². The molecule has 1 saturated heterocycles. The number of hydrogen-bond acceptors (Lipinski definition) is 3. The van der Waals surface area contributed by atoms with E-state index in [0.717, 1.165) is 23.5 Å². The molecule has 1 aliphatic heterocycles. The normalized spacial score (nSPS) is 14.3. The van der Waals surface area contributed by atoms with Crippen molar-refractivity contribution in [2.24, 2.45) is 0 Å². The fraction of sp³-hybridized carbons (Fsp3) is 0.316. The Hall–Kier alpha value is -2.83. The molecule has 2 aromatic carbocycles. The van der Waals surface area contributed by atoms with E-state index in [1.807, 2.05) is 19.0 Å². The van der Waals surface area contributed by atoms with E-state index < -0.39 is 11.6 Å². The molecule has 1 fully saturated rings. The summed E-state index contributed by atoms with van der Waals surface area (Å²) in [5.41, 5.74) is 2.50. The van der Waals surface area contributed by atoms with Gasteiger partial charge in [-0.2, -0.15) is 0 Å². The summed E-state index contributed by atoms with van der Waals surface area (Å²) < 4.78 is 26.2. The molecule has 26 heavy (non-hydrogen) atoms. The third kappa shape index (κ3) is 4.04. The van der Waals surface area contributed by atoms with Crippen molar-refractivity contribution in [3.8, 4) is 0 Å². The van der Waals surface area contributed by atoms with Crippen LogP contribution in [0.4, 0.5) is 30.6 Å². The van der Waals surface area contributed by atoms with Crippen molar-refractivity contribution in [2.45, 2.75) is 0 Å². The van der Waals surface area contributed by atoms with Crippen LogP contribution < -0.4 is 15.1 Å². The average Bonchev–Trinajstić information content (AvgIpc) is 2.65. The van der Waals surface area contributed by atoms with Crippen LogP contribution in [0.2, 0.25) is 0 Å². The van der Waals surface area contributed by atoms with Gasteiger partial charge in [0.15, 0.2) is 11.6 Å². The number of halogens is 2. The molecule has 0 radical (unpaired) electrons. The van der Waals surface area contributed by atoms with E-state index in [-0.39, 0.29) is 11.7 Å². The Bertz CT molecular complexity index is 772. The number of benzene rings is 2. The predicted octanol–water partition coefficient (Wildman–Crippen LogP) is 3.38. The topological polar surface area (TPSA) is 38.8 Å². The SMILES string of the molecule is CN(C)c1ccc(N2CCN(C(=O)Nc3ccc(F)c(F)c3)CC2)cc1. The number of nitrogens with one attached hydrogen (secondary N) is 1. The molecule has 0 spiro atoms. The highest BCUT2D eigenvalue weighted by atomic mass is 19.2. The monoisotopic (exact) mass is 360 g/mol. The van der Waals surface area contributed by atoms with Crippen LogP contribution in [0.1, 0.15) is 0 Å². The van der Waals surface area contributed by atoms with E-state index in [4.69, 9.17) is 0 Å². The second-order valence-corrected chi connectivity index (χ2v) is 6.44. The summed E-state index contributed by atoms with van der Waals surface area (Å²) in [6.07, 6.45) is 0. The van der Waals surface area contributed by atoms with Crippen molar-refractivity contribution < 1.29 is 13.6 Å². The minimum Gasteiger partial charge on any atom is -0.378 e. The first-order valence-corrected chi connectivity index (χ1v) is 8.47. The zero-order chi connectivity index (χ0) is 18.7. The van der Waals surface area contributed by atoms with Crippen molar-refractivity contribution >= 4 is 23.1 Å². The third-order valence-electron chi connectivity index (χ3n) is 4.47. The second-order valence-electron chi connectivity index (χ2n) is 6.44. The van der Waals surface area contributed by atoms with Crippen LogP contribution in [0, 0.1) is 11.6 Å². The predicted molar refractivity (Wildman–Crippen MR) is 99.9 cm³/mol. The Morgan fingerprint density at radius 3 is 2.19 bits per heavy atom. The van der Waals surface area contributed by atoms with Gasteiger partial charge in [-0.25, -0.2) is 13.6 Å². The molecule has 1 N–H and O–H groups in total. The lowest BCUT2D eigenvalue weighted by molar-refractivity contribution is 0.208. The summed E-state index contributed by atoms with van der Waals surface area (Å²) in [6.45, 7) is 2.55. The molecule has 138 valence electrons. The Kier molecular flexibility index (Phi) is 5.25. The summed E-state index contributed by atoms with van der Waals surface area (Å²) in [7, 11) is 4.00. The summed E-state index contributed by atoms with van der Waals surface area (Å²) in [4.78, 5) is 18.2. The fourth-order valence-electron chi connectivity index (χ4n) is 2.91. The summed E-state index contributed by atoms with van der Waals surface area (Å²) in [5, 5.41) is 2.61. The molecule has 3 rings (SSSR count). The maximum atomic E-state index is 13.2. The lowest BCUT2D eigenvalue weighted by Gasteiger charge is -2.36. The molecule has 0 saturated carbocycles. The lowest BCUT2D eigenvalue weighted by Crippen LogP contribution is -2.50. The molecule has 2 amide bonds. The first-order chi connectivity index (χ1) is 12.4. The van der Waals surface area contributed by atoms with Crippen molar-refractivity contribution in [1.29, 1.82) is 0 Å². The molecule has 1 aliphatic rings. The Balaban J connectivity index is 1.55. The highest BCUT2D eigenvalue weighted by molar-refractivity contribution is 5.89. The third-order valence-corrected chi connectivity index (χ3v) is 4.47. The highest BCUT2D eigenvalue weighted by Gasteiger charge is 2.21. The fourth-order valence-corrected chi connectivity index (χ4v) is 2.91. The van der Waals surface area contributed by atoms with Crippen LogP contribution in [0.5, 0.6) is 0 Å². The van der Waals surface area contributed by atoms with Gasteiger partial charge in [-0.05, 0) is 36.4 Å². The van der Waals surface area contributed by atoms with E-state index >= 15 is 0 Å². The molecule has 0 unspecified atom stereocenters. The Labute approximate surface area is 151 Å². The van der Waals surface area contributed by atoms with Gasteiger partial charge in [0, 0.05) is 63.4 Å². The number of urea groups is 1. The van der Waals surface area contributed by atoms with Crippen molar-refractivity contribution in [3.63, 3.8) is 0 Å². The standard InChI is InChI=1S/C19H22F2N4O/c1-23(2)15-4-6-16(7-5-15)24-9-11-25(12-10-24)19(26)22-14-3-8-17(20)18(21)13-14/h3-8,13H,9-12H2,1-2H3,(H,22,26). The van der Waals surface area contributed by atoms with Gasteiger partial charge in [0.25, 0.3) is 0 Å². The van der Waals surface area contributed by atoms with E-state index in [0.29, 0.717) is 26.2 Å². The molecule has 0 aliphatic carbocycles. The molecule has 0 atom stereocenters. The molecule has 7 heteroatoms. The van der Waals surface area contributed by atoms with E-state index in [9.17, 15) is 13.6 Å². The highest BCUT2D eigenvalue weighted by Crippen LogP contribution is 2.21. The van der Waals surface area contributed by atoms with Gasteiger partial charge >= 0.3 is 6.03 Å². The quantitative estimate of drug-likeness (QED) is 0.912. The summed E-state index contributed by atoms with van der Waals surface area (Å²) in [6, 6.07) is 11.3. The maximum Gasteiger partial charge on any atom is 0.321 e. The molecule has 5 nitrogen and oxygen atoms in total. The van der Waals surface area contributed by atoms with Crippen LogP contribution >= 0.6 is 0 Å². The van der Waals surface area contributed by atoms with Gasteiger partial charge < -0.3 is 20.0 Å². The lowest BCUT2D eigenvalue weighted by atomic mass is 10.2. The molecule has 0 bridgehead atoms. The average molecular weight is 360 g/mol. The minimum absolute atomic E-state index is 0.246. The van der Waals surface area contributed by atoms with Crippen LogP contribution in [0.15, 0.2) is 42.5 Å². The number of carbonyl (C=O) groups is 1. The van der Waals surface area contributed by atoms with Gasteiger partial charge in [-0.15, -0.1) is 0 Å².